The Bertz CT molecular complexity index is 683. The van der Waals surface area contributed by atoms with E-state index in [4.69, 9.17) is 17.3 Å². The molecule has 0 spiro atoms. The van der Waals surface area contributed by atoms with Crippen molar-refractivity contribution in [3.8, 4) is 0 Å². The Balaban J connectivity index is 2.16. The lowest BCUT2D eigenvalue weighted by molar-refractivity contribution is -0.199. The van der Waals surface area contributed by atoms with Gasteiger partial charge in [0, 0.05) is 12.6 Å². The van der Waals surface area contributed by atoms with Crippen LogP contribution in [0, 0.1) is 5.41 Å². The molecule has 2 atom stereocenters. The summed E-state index contributed by atoms with van der Waals surface area (Å²) < 4.78 is 39.6. The van der Waals surface area contributed by atoms with E-state index in [9.17, 15) is 18.0 Å². The maximum atomic E-state index is 13.2. The van der Waals surface area contributed by atoms with Crippen molar-refractivity contribution in [3.05, 3.63) is 27.3 Å². The number of aliphatic imine (C=N–C) groups is 1. The first-order valence-corrected chi connectivity index (χ1v) is 7.76. The third-order valence-corrected chi connectivity index (χ3v) is 5.11. The summed E-state index contributed by atoms with van der Waals surface area (Å²) >= 11 is 6.74. The van der Waals surface area contributed by atoms with E-state index in [0.717, 1.165) is 24.5 Å². The molecule has 1 unspecified atom stereocenters. The zero-order valence-corrected chi connectivity index (χ0v) is 13.8. The van der Waals surface area contributed by atoms with Crippen molar-refractivity contribution in [1.82, 2.24) is 10.3 Å². The van der Waals surface area contributed by atoms with Crippen LogP contribution in [-0.4, -0.2) is 22.9 Å². The summed E-state index contributed by atoms with van der Waals surface area (Å²) in [5.74, 6) is -0.681. The van der Waals surface area contributed by atoms with Crippen LogP contribution >= 0.6 is 22.9 Å². The lowest BCUT2D eigenvalue weighted by atomic mass is 9.83. The van der Waals surface area contributed by atoms with E-state index in [1.807, 2.05) is 0 Å². The molecular weight excluding hydrogens is 353 g/mol. The molecule has 0 saturated heterocycles. The minimum atomic E-state index is -4.56. The average Bonchev–Trinajstić information content (AvgIpc) is 2.91. The maximum Gasteiger partial charge on any atom is 0.399 e. The molecule has 3 N–H and O–H groups in total. The minimum Gasteiger partial charge on any atom is -0.322 e. The van der Waals surface area contributed by atoms with Crippen LogP contribution in [-0.2, 0) is 0 Å². The van der Waals surface area contributed by atoms with Gasteiger partial charge in [-0.3, -0.25) is 4.79 Å². The molecule has 1 aromatic rings. The number of hydrogen-bond acceptors (Lipinski definition) is 5. The highest BCUT2D eigenvalue weighted by molar-refractivity contribution is 7.13. The lowest BCUT2D eigenvalue weighted by Gasteiger charge is -2.33. The average molecular weight is 367 g/mol. The Hall–Kier alpha value is -1.45. The number of aromatic nitrogens is 1. The maximum absolute atomic E-state index is 13.2. The molecule has 0 saturated carbocycles. The summed E-state index contributed by atoms with van der Waals surface area (Å²) in [6.45, 7) is 2.68. The zero-order valence-electron chi connectivity index (χ0n) is 12.2. The highest BCUT2D eigenvalue weighted by Gasteiger charge is 2.55. The van der Waals surface area contributed by atoms with Gasteiger partial charge in [-0.2, -0.15) is 13.2 Å². The number of carbonyl (C=O) groups is 1. The van der Waals surface area contributed by atoms with Gasteiger partial charge in [0.1, 0.15) is 21.1 Å². The summed E-state index contributed by atoms with van der Waals surface area (Å²) in [6, 6.07) is -0.330. The molecule has 2 rings (SSSR count). The fourth-order valence-electron chi connectivity index (χ4n) is 1.85. The fraction of sp³-hybridized carbons (Fsp3) is 0.462. The summed E-state index contributed by atoms with van der Waals surface area (Å²) in [6.07, 6.45) is -2.86. The first kappa shape index (κ1) is 17.9. The minimum absolute atomic E-state index is 0.102. The van der Waals surface area contributed by atoms with Crippen LogP contribution in [0.2, 0.25) is 0 Å². The molecule has 0 radical (unpaired) electrons. The quantitative estimate of drug-likeness (QED) is 0.842. The second kappa shape index (κ2) is 6.21. The topological polar surface area (TPSA) is 80.4 Å². The van der Waals surface area contributed by atoms with Gasteiger partial charge in [-0.15, -0.1) is 11.3 Å². The highest BCUT2D eigenvalue weighted by Crippen LogP contribution is 2.49. The van der Waals surface area contributed by atoms with Crippen molar-refractivity contribution in [3.63, 3.8) is 0 Å². The smallest absolute Gasteiger partial charge is 0.322 e. The van der Waals surface area contributed by atoms with Crippen molar-refractivity contribution in [2.75, 3.05) is 0 Å². The number of rotatable bonds is 2. The van der Waals surface area contributed by atoms with Crippen molar-refractivity contribution >= 4 is 34.7 Å². The number of amidine groups is 1. The fourth-order valence-corrected chi connectivity index (χ4v) is 2.84. The van der Waals surface area contributed by atoms with Gasteiger partial charge < -0.3 is 11.1 Å². The number of alkyl halides is 3. The molecule has 5 nitrogen and oxygen atoms in total. The molecule has 126 valence electrons. The largest absolute Gasteiger partial charge is 0.399 e. The second-order valence-corrected chi connectivity index (χ2v) is 6.83. The van der Waals surface area contributed by atoms with E-state index in [2.05, 4.69) is 15.3 Å². The third kappa shape index (κ3) is 3.56. The van der Waals surface area contributed by atoms with Gasteiger partial charge in [-0.05, 0) is 13.8 Å². The van der Waals surface area contributed by atoms with E-state index >= 15 is 0 Å². The monoisotopic (exact) mass is 366 g/mol. The number of nitrogens with zero attached hydrogens (tertiary/aromatic N) is 2. The standard InChI is InChI=1S/C13H14ClF3N4OS/c1-6(18)11-20-4-7(23-11)10(22)21-9-3-12(2,13(15,16)17)8(14)5-19-9/h4-6H,3,18H2,1-2H3,(H,19,21,22)/t6-,12?/m1/s1. The second-order valence-electron chi connectivity index (χ2n) is 5.37. The molecular formula is C13H14ClF3N4OS. The normalized spacial score (nSPS) is 23.1. The summed E-state index contributed by atoms with van der Waals surface area (Å²) in [5, 5.41) is 2.52. The molecule has 1 aliphatic rings. The van der Waals surface area contributed by atoms with Crippen LogP contribution in [0.4, 0.5) is 13.2 Å². The van der Waals surface area contributed by atoms with Crippen LogP contribution < -0.4 is 11.1 Å². The van der Waals surface area contributed by atoms with Crippen LogP contribution in [0.1, 0.15) is 41.0 Å². The van der Waals surface area contributed by atoms with Gasteiger partial charge in [0.2, 0.25) is 0 Å². The summed E-state index contributed by atoms with van der Waals surface area (Å²) in [7, 11) is 0. The molecule has 0 fully saturated rings. The van der Waals surface area contributed by atoms with Crippen LogP contribution in [0.25, 0.3) is 0 Å². The molecule has 10 heteroatoms. The zero-order chi connectivity index (χ0) is 17.4. The molecule has 2 heterocycles. The molecule has 1 aliphatic heterocycles. The van der Waals surface area contributed by atoms with Crippen molar-refractivity contribution in [2.24, 2.45) is 16.1 Å². The number of nitrogens with two attached hydrogens (primary N) is 1. The Morgan fingerprint density at radius 1 is 1.57 bits per heavy atom. The van der Waals surface area contributed by atoms with Gasteiger partial charge in [-0.1, -0.05) is 11.6 Å². The van der Waals surface area contributed by atoms with E-state index in [1.54, 1.807) is 6.92 Å². The molecule has 1 aromatic heterocycles. The highest BCUT2D eigenvalue weighted by atomic mass is 35.5. The number of nitrogens with one attached hydrogen (secondary N) is 1. The van der Waals surface area contributed by atoms with E-state index in [0.29, 0.717) is 5.01 Å². The SMILES string of the molecule is C[C@@H](N)c1ncc(C(=O)NC2=NC=C(Cl)C(C)(C(F)(F)F)C2)s1. The van der Waals surface area contributed by atoms with Gasteiger partial charge in [0.25, 0.3) is 5.91 Å². The van der Waals surface area contributed by atoms with Crippen molar-refractivity contribution < 1.29 is 18.0 Å². The van der Waals surface area contributed by atoms with E-state index < -0.39 is 29.0 Å². The van der Waals surface area contributed by atoms with Crippen molar-refractivity contribution in [1.29, 1.82) is 0 Å². The van der Waals surface area contributed by atoms with Gasteiger partial charge in [0.05, 0.1) is 17.3 Å². The van der Waals surface area contributed by atoms with Crippen molar-refractivity contribution in [2.45, 2.75) is 32.5 Å². The molecule has 0 aromatic carbocycles. The summed E-state index contributed by atoms with van der Waals surface area (Å²) in [5.41, 5.74) is 3.38. The predicted octanol–water partition coefficient (Wildman–Crippen LogP) is 3.34. The van der Waals surface area contributed by atoms with Gasteiger partial charge >= 0.3 is 6.18 Å². The van der Waals surface area contributed by atoms with Gasteiger partial charge in [-0.25, -0.2) is 9.98 Å². The van der Waals surface area contributed by atoms with Crippen LogP contribution in [0.5, 0.6) is 0 Å². The molecule has 0 bridgehead atoms. The van der Waals surface area contributed by atoms with Crippen LogP contribution in [0.15, 0.2) is 22.4 Å². The number of hydrogen-bond donors (Lipinski definition) is 2. The predicted molar refractivity (Wildman–Crippen MR) is 82.3 cm³/mol. The van der Waals surface area contributed by atoms with Gasteiger partial charge in [0.15, 0.2) is 0 Å². The number of amides is 1. The molecule has 0 aliphatic carbocycles. The first-order chi connectivity index (χ1) is 10.5. The molecule has 23 heavy (non-hydrogen) atoms. The molecule has 1 amide bonds. The summed E-state index contributed by atoms with van der Waals surface area (Å²) in [4.78, 5) is 20.1. The number of thiazole rings is 1. The van der Waals surface area contributed by atoms with E-state index in [1.165, 1.54) is 6.20 Å². The number of allylic oxidation sites excluding steroid dienone is 1. The lowest BCUT2D eigenvalue weighted by Crippen LogP contribution is -2.43. The Labute approximate surface area is 139 Å². The first-order valence-electron chi connectivity index (χ1n) is 6.57. The van der Waals surface area contributed by atoms with E-state index in [-0.39, 0.29) is 16.8 Å². The Morgan fingerprint density at radius 3 is 2.74 bits per heavy atom. The third-order valence-electron chi connectivity index (χ3n) is 3.40. The number of carbonyl (C=O) groups excluding carboxylic acids is 1. The Morgan fingerprint density at radius 2 is 2.22 bits per heavy atom. The van der Waals surface area contributed by atoms with Crippen LogP contribution in [0.3, 0.4) is 0 Å². The number of halogens is 4. The Kier molecular flexibility index (Phi) is 4.84.